The van der Waals surface area contributed by atoms with Gasteiger partial charge < -0.3 is 29.6 Å². The van der Waals surface area contributed by atoms with Gasteiger partial charge in [0.25, 0.3) is 6.10 Å². The van der Waals surface area contributed by atoms with Gasteiger partial charge in [-0.1, -0.05) is 31.9 Å². The SMILES string of the molecule is CCCCCNC(=O)C(Cc1ccc(OC(C(=O)OCC)C(=O)OCC)cc1)C(=O)NCCC(=O)OCC. The summed E-state index contributed by atoms with van der Waals surface area (Å²) >= 11 is 0. The van der Waals surface area contributed by atoms with Gasteiger partial charge in [0.15, 0.2) is 0 Å². The number of esters is 3. The predicted octanol–water partition coefficient (Wildman–Crippen LogP) is 2.09. The van der Waals surface area contributed by atoms with Crippen molar-refractivity contribution < 1.29 is 42.9 Å². The van der Waals surface area contributed by atoms with Gasteiger partial charge in [-0.2, -0.15) is 0 Å². The fourth-order valence-electron chi connectivity index (χ4n) is 3.36. The van der Waals surface area contributed by atoms with Crippen LogP contribution >= 0.6 is 0 Å². The van der Waals surface area contributed by atoms with E-state index in [4.69, 9.17) is 18.9 Å². The minimum absolute atomic E-state index is 0.00144. The van der Waals surface area contributed by atoms with Crippen molar-refractivity contribution in [3.63, 3.8) is 0 Å². The van der Waals surface area contributed by atoms with E-state index in [1.807, 2.05) is 0 Å². The number of carbonyl (C=O) groups excluding carboxylic acids is 5. The summed E-state index contributed by atoms with van der Waals surface area (Å²) in [6.45, 7) is 7.85. The van der Waals surface area contributed by atoms with Crippen molar-refractivity contribution in [1.29, 1.82) is 0 Å². The number of unbranched alkanes of at least 4 members (excludes halogenated alkanes) is 2. The lowest BCUT2D eigenvalue weighted by molar-refractivity contribution is -0.166. The van der Waals surface area contributed by atoms with E-state index in [1.165, 1.54) is 12.1 Å². The van der Waals surface area contributed by atoms with Crippen molar-refractivity contribution in [1.82, 2.24) is 10.6 Å². The van der Waals surface area contributed by atoms with Gasteiger partial charge in [-0.25, -0.2) is 9.59 Å². The molecule has 0 spiro atoms. The molecule has 0 radical (unpaired) electrons. The maximum absolute atomic E-state index is 12.9. The van der Waals surface area contributed by atoms with E-state index in [2.05, 4.69) is 17.6 Å². The topological polar surface area (TPSA) is 146 Å². The van der Waals surface area contributed by atoms with Crippen molar-refractivity contribution in [2.24, 2.45) is 5.92 Å². The molecule has 1 aromatic rings. The van der Waals surface area contributed by atoms with Crippen LogP contribution in [0.25, 0.3) is 0 Å². The van der Waals surface area contributed by atoms with Crippen LogP contribution in [0.4, 0.5) is 0 Å². The zero-order valence-corrected chi connectivity index (χ0v) is 22.7. The summed E-state index contributed by atoms with van der Waals surface area (Å²) in [6, 6.07) is 6.31. The highest BCUT2D eigenvalue weighted by Crippen LogP contribution is 2.18. The number of carbonyl (C=O) groups is 5. The molecule has 11 nitrogen and oxygen atoms in total. The Labute approximate surface area is 223 Å². The molecule has 0 aromatic heterocycles. The highest BCUT2D eigenvalue weighted by Gasteiger charge is 2.32. The van der Waals surface area contributed by atoms with E-state index in [9.17, 15) is 24.0 Å². The molecule has 0 fully saturated rings. The minimum atomic E-state index is -1.58. The Kier molecular flexibility index (Phi) is 15.8. The molecule has 11 heteroatoms. The van der Waals surface area contributed by atoms with E-state index in [0.29, 0.717) is 12.1 Å². The maximum atomic E-state index is 12.9. The predicted molar refractivity (Wildman–Crippen MR) is 138 cm³/mol. The fourth-order valence-corrected chi connectivity index (χ4v) is 3.36. The summed E-state index contributed by atoms with van der Waals surface area (Å²) < 4.78 is 20.2. The van der Waals surface area contributed by atoms with Crippen LogP contribution in [0, 0.1) is 5.92 Å². The lowest BCUT2D eigenvalue weighted by Crippen LogP contribution is -2.43. The Morgan fingerprint density at radius 1 is 0.737 bits per heavy atom. The van der Waals surface area contributed by atoms with Crippen molar-refractivity contribution in [3.05, 3.63) is 29.8 Å². The van der Waals surface area contributed by atoms with E-state index in [1.54, 1.807) is 32.9 Å². The lowest BCUT2D eigenvalue weighted by Gasteiger charge is -2.18. The second-order valence-corrected chi connectivity index (χ2v) is 8.25. The van der Waals surface area contributed by atoms with Gasteiger partial charge in [0.2, 0.25) is 11.8 Å². The molecule has 2 amide bonds. The van der Waals surface area contributed by atoms with Gasteiger partial charge in [0, 0.05) is 13.1 Å². The molecule has 0 heterocycles. The Hall–Kier alpha value is -3.63. The molecular formula is C27H40N2O9. The summed E-state index contributed by atoms with van der Waals surface area (Å²) in [7, 11) is 0. The molecule has 1 atom stereocenters. The number of benzene rings is 1. The molecule has 38 heavy (non-hydrogen) atoms. The molecule has 1 rings (SSSR count). The highest BCUT2D eigenvalue weighted by molar-refractivity contribution is 6.00. The molecule has 212 valence electrons. The van der Waals surface area contributed by atoms with Gasteiger partial charge in [-0.05, 0) is 51.3 Å². The Morgan fingerprint density at radius 3 is 1.82 bits per heavy atom. The first kappa shape index (κ1) is 32.4. The second-order valence-electron chi connectivity index (χ2n) is 8.25. The Bertz CT molecular complexity index is 884. The third-order valence-corrected chi connectivity index (χ3v) is 5.26. The molecular weight excluding hydrogens is 496 g/mol. The molecule has 0 bridgehead atoms. The van der Waals surface area contributed by atoms with E-state index in [-0.39, 0.29) is 45.0 Å². The number of hydrogen-bond acceptors (Lipinski definition) is 9. The van der Waals surface area contributed by atoms with Crippen LogP contribution in [0.1, 0.15) is 58.9 Å². The zero-order valence-electron chi connectivity index (χ0n) is 22.7. The Balaban J connectivity index is 2.93. The highest BCUT2D eigenvalue weighted by atomic mass is 16.6. The number of amides is 2. The molecule has 2 N–H and O–H groups in total. The number of rotatable bonds is 18. The lowest BCUT2D eigenvalue weighted by atomic mass is 9.97. The van der Waals surface area contributed by atoms with Gasteiger partial charge in [-0.15, -0.1) is 0 Å². The van der Waals surface area contributed by atoms with Gasteiger partial charge in [-0.3, -0.25) is 14.4 Å². The quantitative estimate of drug-likeness (QED) is 0.125. The normalized spacial score (nSPS) is 11.3. The first-order chi connectivity index (χ1) is 18.3. The molecule has 0 saturated carbocycles. The molecule has 0 aliphatic rings. The van der Waals surface area contributed by atoms with Gasteiger partial charge in [0.1, 0.15) is 11.7 Å². The third-order valence-electron chi connectivity index (χ3n) is 5.26. The first-order valence-electron chi connectivity index (χ1n) is 13.1. The van der Waals surface area contributed by atoms with Crippen LogP contribution in [0.2, 0.25) is 0 Å². The summed E-state index contributed by atoms with van der Waals surface area (Å²) in [4.78, 5) is 61.6. The van der Waals surface area contributed by atoms with Crippen molar-refractivity contribution in [2.45, 2.75) is 65.9 Å². The monoisotopic (exact) mass is 536 g/mol. The van der Waals surface area contributed by atoms with Crippen LogP contribution < -0.4 is 15.4 Å². The van der Waals surface area contributed by atoms with Crippen LogP contribution in [-0.2, 0) is 44.6 Å². The fraction of sp³-hybridized carbons (Fsp3) is 0.593. The molecule has 0 aliphatic heterocycles. The average Bonchev–Trinajstić information content (AvgIpc) is 2.89. The number of nitrogens with one attached hydrogen (secondary N) is 2. The standard InChI is InChI=1S/C27H40N2O9/c1-5-9-10-16-28-24(31)21(25(32)29-17-15-22(30)35-6-2)18-19-11-13-20(14-12-19)38-23(26(33)36-7-3)27(34)37-8-4/h11-14,21,23H,5-10,15-18H2,1-4H3,(H,28,31)(H,29,32). The number of ether oxygens (including phenoxy) is 4. The summed E-state index contributed by atoms with van der Waals surface area (Å²) in [6.07, 6.45) is 1.26. The van der Waals surface area contributed by atoms with E-state index in [0.717, 1.165) is 19.3 Å². The van der Waals surface area contributed by atoms with Crippen molar-refractivity contribution >= 4 is 29.7 Å². The van der Waals surface area contributed by atoms with Crippen LogP contribution in [0.3, 0.4) is 0 Å². The van der Waals surface area contributed by atoms with Gasteiger partial charge in [0.05, 0.1) is 26.2 Å². The summed E-state index contributed by atoms with van der Waals surface area (Å²) in [5, 5.41) is 5.44. The summed E-state index contributed by atoms with van der Waals surface area (Å²) in [5.41, 5.74) is 0.649. The molecule has 1 unspecified atom stereocenters. The second kappa shape index (κ2) is 18.6. The summed E-state index contributed by atoms with van der Waals surface area (Å²) in [5.74, 6) is -3.92. The van der Waals surface area contributed by atoms with Crippen LogP contribution in [-0.4, -0.2) is 68.7 Å². The zero-order chi connectivity index (χ0) is 28.3. The molecule has 0 saturated heterocycles. The minimum Gasteiger partial charge on any atom is -0.467 e. The van der Waals surface area contributed by atoms with Crippen LogP contribution in [0.5, 0.6) is 5.75 Å². The third kappa shape index (κ3) is 12.1. The number of hydrogen-bond donors (Lipinski definition) is 2. The Morgan fingerprint density at radius 2 is 1.29 bits per heavy atom. The maximum Gasteiger partial charge on any atom is 0.359 e. The van der Waals surface area contributed by atoms with Crippen LogP contribution in [0.15, 0.2) is 24.3 Å². The van der Waals surface area contributed by atoms with Gasteiger partial charge >= 0.3 is 17.9 Å². The average molecular weight is 537 g/mol. The largest absolute Gasteiger partial charge is 0.467 e. The van der Waals surface area contributed by atoms with E-state index >= 15 is 0 Å². The first-order valence-corrected chi connectivity index (χ1v) is 13.1. The molecule has 0 aliphatic carbocycles. The molecule has 1 aromatic carbocycles. The van der Waals surface area contributed by atoms with Crippen molar-refractivity contribution in [2.75, 3.05) is 32.9 Å². The van der Waals surface area contributed by atoms with Crippen molar-refractivity contribution in [3.8, 4) is 5.75 Å². The smallest absolute Gasteiger partial charge is 0.359 e. The van der Waals surface area contributed by atoms with E-state index < -0.39 is 41.7 Å².